The number of aromatic amines is 1. The number of methoxy groups -OCH3 is 1. The molecular formula is C12H9FN2O4. The lowest BCUT2D eigenvalue weighted by atomic mass is 10.1. The summed E-state index contributed by atoms with van der Waals surface area (Å²) in [6.45, 7) is 0. The normalized spacial score (nSPS) is 11.1. The Bertz CT molecular complexity index is 690. The van der Waals surface area contributed by atoms with Gasteiger partial charge in [-0.25, -0.2) is 9.18 Å². The number of hydrogen-bond donors (Lipinski definition) is 1. The third-order valence-electron chi connectivity index (χ3n) is 2.60. The number of nitrogens with zero attached hydrogens (tertiary/aromatic N) is 1. The Kier molecular flexibility index (Phi) is 3.28. The highest BCUT2D eigenvalue weighted by atomic mass is 19.1. The molecule has 2 aromatic rings. The summed E-state index contributed by atoms with van der Waals surface area (Å²) in [5.41, 5.74) is 0.584. The average Bonchev–Trinajstić information content (AvgIpc) is 2.81. The Morgan fingerprint density at radius 1 is 1.53 bits per heavy atom. The SMILES string of the molecule is COC(=O)c1ccc(F)c2[nH]cc(C=C[N+](=O)[O-])c12. The first-order valence-electron chi connectivity index (χ1n) is 5.24. The van der Waals surface area contributed by atoms with Crippen LogP contribution >= 0.6 is 0 Å². The minimum Gasteiger partial charge on any atom is -0.465 e. The summed E-state index contributed by atoms with van der Waals surface area (Å²) >= 11 is 0. The number of esters is 1. The Hall–Kier alpha value is -2.70. The summed E-state index contributed by atoms with van der Waals surface area (Å²) in [4.78, 5) is 23.9. The summed E-state index contributed by atoms with van der Waals surface area (Å²) in [7, 11) is 1.21. The van der Waals surface area contributed by atoms with E-state index in [1.165, 1.54) is 25.4 Å². The molecule has 0 aliphatic rings. The number of carbonyl (C=O) groups excluding carboxylic acids is 1. The second-order valence-corrected chi connectivity index (χ2v) is 3.68. The third-order valence-corrected chi connectivity index (χ3v) is 2.60. The maximum atomic E-state index is 13.6. The lowest BCUT2D eigenvalue weighted by Gasteiger charge is -2.02. The molecule has 0 bridgehead atoms. The molecule has 0 aliphatic heterocycles. The van der Waals surface area contributed by atoms with E-state index in [1.807, 2.05) is 0 Å². The summed E-state index contributed by atoms with van der Waals surface area (Å²) in [5, 5.41) is 10.6. The van der Waals surface area contributed by atoms with Crippen molar-refractivity contribution < 1.29 is 18.8 Å². The second-order valence-electron chi connectivity index (χ2n) is 3.68. The fourth-order valence-corrected chi connectivity index (χ4v) is 1.79. The molecule has 2 rings (SSSR count). The zero-order valence-corrected chi connectivity index (χ0v) is 9.84. The van der Waals surface area contributed by atoms with Crippen LogP contribution in [0.4, 0.5) is 4.39 Å². The van der Waals surface area contributed by atoms with Crippen LogP contribution in [0.3, 0.4) is 0 Å². The minimum absolute atomic E-state index is 0.103. The molecule has 1 N–H and O–H groups in total. The van der Waals surface area contributed by atoms with Gasteiger partial charge in [0.2, 0.25) is 6.20 Å². The van der Waals surface area contributed by atoms with Crippen molar-refractivity contribution in [3.63, 3.8) is 0 Å². The lowest BCUT2D eigenvalue weighted by molar-refractivity contribution is -0.400. The zero-order valence-electron chi connectivity index (χ0n) is 9.84. The smallest absolute Gasteiger partial charge is 0.338 e. The molecule has 0 radical (unpaired) electrons. The Morgan fingerprint density at radius 2 is 2.26 bits per heavy atom. The molecule has 98 valence electrons. The Morgan fingerprint density at radius 3 is 2.89 bits per heavy atom. The van der Waals surface area contributed by atoms with E-state index in [0.717, 1.165) is 6.07 Å². The molecule has 0 aliphatic carbocycles. The van der Waals surface area contributed by atoms with Gasteiger partial charge in [-0.3, -0.25) is 10.1 Å². The first-order valence-corrected chi connectivity index (χ1v) is 5.24. The number of aromatic nitrogens is 1. The molecule has 0 spiro atoms. The van der Waals surface area contributed by atoms with Crippen molar-refractivity contribution in [2.24, 2.45) is 0 Å². The van der Waals surface area contributed by atoms with Crippen LogP contribution in [-0.4, -0.2) is 23.0 Å². The van der Waals surface area contributed by atoms with Crippen molar-refractivity contribution in [3.05, 3.63) is 51.6 Å². The van der Waals surface area contributed by atoms with E-state index in [4.69, 9.17) is 0 Å². The molecule has 0 fully saturated rings. The molecule has 1 aromatic heterocycles. The van der Waals surface area contributed by atoms with Gasteiger partial charge in [0, 0.05) is 23.2 Å². The van der Waals surface area contributed by atoms with Gasteiger partial charge in [0.1, 0.15) is 5.82 Å². The second kappa shape index (κ2) is 4.89. The topological polar surface area (TPSA) is 85.2 Å². The zero-order chi connectivity index (χ0) is 14.0. The number of ether oxygens (including phenoxy) is 1. The van der Waals surface area contributed by atoms with Crippen molar-refractivity contribution in [3.8, 4) is 0 Å². The van der Waals surface area contributed by atoms with E-state index in [9.17, 15) is 19.3 Å². The van der Waals surface area contributed by atoms with E-state index in [1.54, 1.807) is 0 Å². The quantitative estimate of drug-likeness (QED) is 0.523. The fraction of sp³-hybridized carbons (Fsp3) is 0.0833. The number of benzene rings is 1. The van der Waals surface area contributed by atoms with E-state index in [-0.39, 0.29) is 16.5 Å². The molecule has 0 amide bonds. The minimum atomic E-state index is -0.643. The highest BCUT2D eigenvalue weighted by Crippen LogP contribution is 2.26. The number of carbonyl (C=O) groups is 1. The van der Waals surface area contributed by atoms with Gasteiger partial charge < -0.3 is 9.72 Å². The number of rotatable bonds is 3. The third kappa shape index (κ3) is 2.30. The molecule has 0 unspecified atom stereocenters. The van der Waals surface area contributed by atoms with Crippen LogP contribution in [0.1, 0.15) is 15.9 Å². The van der Waals surface area contributed by atoms with E-state index in [0.29, 0.717) is 11.8 Å². The van der Waals surface area contributed by atoms with Crippen LogP contribution < -0.4 is 0 Å². The summed E-state index contributed by atoms with van der Waals surface area (Å²) in [6.07, 6.45) is 3.29. The van der Waals surface area contributed by atoms with Gasteiger partial charge in [0.05, 0.1) is 23.1 Å². The summed E-state index contributed by atoms with van der Waals surface area (Å²) < 4.78 is 18.2. The first-order chi connectivity index (χ1) is 9.04. The van der Waals surface area contributed by atoms with Crippen LogP contribution in [0.15, 0.2) is 24.5 Å². The van der Waals surface area contributed by atoms with Gasteiger partial charge in [0.15, 0.2) is 0 Å². The van der Waals surface area contributed by atoms with Crippen molar-refractivity contribution >= 4 is 22.9 Å². The van der Waals surface area contributed by atoms with Gasteiger partial charge in [-0.2, -0.15) is 0 Å². The fourth-order valence-electron chi connectivity index (χ4n) is 1.79. The molecule has 7 heteroatoms. The summed E-state index contributed by atoms with van der Waals surface area (Å²) in [6, 6.07) is 2.41. The van der Waals surface area contributed by atoms with Gasteiger partial charge in [0.25, 0.3) is 0 Å². The van der Waals surface area contributed by atoms with Crippen molar-refractivity contribution in [1.82, 2.24) is 4.98 Å². The lowest BCUT2D eigenvalue weighted by Crippen LogP contribution is -2.02. The number of nitro groups is 1. The van der Waals surface area contributed by atoms with Gasteiger partial charge in [-0.1, -0.05) is 0 Å². The predicted octanol–water partition coefficient (Wildman–Crippen LogP) is 2.34. The Balaban J connectivity index is 2.70. The number of nitrogens with one attached hydrogen (secondary N) is 1. The number of hydrogen-bond acceptors (Lipinski definition) is 4. The molecule has 1 heterocycles. The number of halogens is 1. The molecule has 0 saturated heterocycles. The maximum absolute atomic E-state index is 13.6. The van der Waals surface area contributed by atoms with Crippen LogP contribution in [0.5, 0.6) is 0 Å². The maximum Gasteiger partial charge on any atom is 0.338 e. The molecule has 0 atom stereocenters. The predicted molar refractivity (Wildman–Crippen MR) is 65.6 cm³/mol. The number of H-pyrrole nitrogens is 1. The van der Waals surface area contributed by atoms with Crippen molar-refractivity contribution in [2.45, 2.75) is 0 Å². The van der Waals surface area contributed by atoms with Crippen LogP contribution in [0.2, 0.25) is 0 Å². The van der Waals surface area contributed by atoms with E-state index >= 15 is 0 Å². The highest BCUT2D eigenvalue weighted by molar-refractivity contribution is 6.07. The van der Waals surface area contributed by atoms with Crippen molar-refractivity contribution in [1.29, 1.82) is 0 Å². The van der Waals surface area contributed by atoms with Crippen molar-refractivity contribution in [2.75, 3.05) is 7.11 Å². The standard InChI is InChI=1S/C12H9FN2O4/c1-19-12(16)8-2-3-9(13)11-10(8)7(6-14-11)4-5-15(17)18/h2-6,14H,1H3. The molecule has 19 heavy (non-hydrogen) atoms. The van der Waals surface area contributed by atoms with E-state index < -0.39 is 16.7 Å². The van der Waals surface area contributed by atoms with Crippen LogP contribution in [-0.2, 0) is 4.74 Å². The van der Waals surface area contributed by atoms with Crippen LogP contribution in [0.25, 0.3) is 17.0 Å². The van der Waals surface area contributed by atoms with Gasteiger partial charge >= 0.3 is 5.97 Å². The van der Waals surface area contributed by atoms with Crippen LogP contribution in [0, 0.1) is 15.9 Å². The monoisotopic (exact) mass is 264 g/mol. The highest BCUT2D eigenvalue weighted by Gasteiger charge is 2.17. The largest absolute Gasteiger partial charge is 0.465 e. The summed E-state index contributed by atoms with van der Waals surface area (Å²) in [5.74, 6) is -1.19. The van der Waals surface area contributed by atoms with E-state index in [2.05, 4.69) is 9.72 Å². The van der Waals surface area contributed by atoms with Gasteiger partial charge in [-0.15, -0.1) is 0 Å². The molecule has 6 nitrogen and oxygen atoms in total. The molecular weight excluding hydrogens is 255 g/mol. The van der Waals surface area contributed by atoms with Gasteiger partial charge in [-0.05, 0) is 12.1 Å². The first kappa shape index (κ1) is 12.7. The molecule has 1 aromatic carbocycles. The number of fused-ring (bicyclic) bond motifs is 1. The average molecular weight is 264 g/mol. The Labute approximate surface area is 106 Å². The molecule has 0 saturated carbocycles.